The summed E-state index contributed by atoms with van der Waals surface area (Å²) >= 11 is 0. The van der Waals surface area contributed by atoms with Gasteiger partial charge in [-0.3, -0.25) is 33.7 Å². The number of Topliss-reactive ketones (excluding diaryl/α,β-unsaturated/α-hetero) is 2. The summed E-state index contributed by atoms with van der Waals surface area (Å²) in [4.78, 5) is 95.4. The van der Waals surface area contributed by atoms with Gasteiger partial charge in [-0.05, 0) is 74.3 Å². The first-order valence-electron chi connectivity index (χ1n) is 19.8. The van der Waals surface area contributed by atoms with E-state index in [9.17, 15) is 33.6 Å². The minimum Gasteiger partial charge on any atom is -0.346 e. The van der Waals surface area contributed by atoms with Crippen molar-refractivity contribution in [3.63, 3.8) is 0 Å². The molecule has 2 saturated carbocycles. The molecule has 54 heavy (non-hydrogen) atoms. The van der Waals surface area contributed by atoms with Gasteiger partial charge in [-0.15, -0.1) is 6.58 Å². The van der Waals surface area contributed by atoms with E-state index in [-0.39, 0.29) is 48.4 Å². The molecule has 1 aromatic rings. The standard InChI is InChI=1S/C42H61N5O7/c1-8-15-32(34(49)37(51)43-24-9-2)44-36(50)29-21-19-27(18-20-28(29)26(3)4)33(48)35(41(5,6)7)45-40(54)46-42(22-13-10-14-23-42)25-47-38(52)30-16-11-12-17-31(30)39(47)53/h9,11-12,16-17,26-29,32,35H,2,8,10,13-15,18-25H2,1,3-7H3,(H,43,51)(H,44,50)(H2,45,46,54)/t27?,28-,29+,32?,35-/m1/s1. The average Bonchev–Trinajstić information content (AvgIpc) is 3.26. The second kappa shape index (κ2) is 18.3. The van der Waals surface area contributed by atoms with Crippen LogP contribution in [-0.4, -0.2) is 76.8 Å². The maximum absolute atomic E-state index is 14.4. The molecule has 2 unspecified atom stereocenters. The number of benzene rings is 1. The molecular weight excluding hydrogens is 686 g/mol. The van der Waals surface area contributed by atoms with Crippen molar-refractivity contribution in [2.24, 2.45) is 29.1 Å². The Balaban J connectivity index is 1.47. The Morgan fingerprint density at radius 1 is 0.926 bits per heavy atom. The van der Waals surface area contributed by atoms with Gasteiger partial charge in [0.05, 0.1) is 35.3 Å². The Hall–Kier alpha value is -4.35. The van der Waals surface area contributed by atoms with Crippen molar-refractivity contribution in [3.05, 3.63) is 48.0 Å². The molecule has 6 amide bonds. The average molecular weight is 748 g/mol. The summed E-state index contributed by atoms with van der Waals surface area (Å²) in [5, 5.41) is 11.5. The van der Waals surface area contributed by atoms with E-state index in [0.29, 0.717) is 62.5 Å². The minimum atomic E-state index is -0.946. The summed E-state index contributed by atoms with van der Waals surface area (Å²) in [6.07, 6.45) is 8.25. The summed E-state index contributed by atoms with van der Waals surface area (Å²) in [6.45, 7) is 15.5. The number of rotatable bonds is 15. The number of nitrogens with one attached hydrogen (secondary N) is 4. The zero-order chi connectivity index (χ0) is 39.8. The molecule has 0 aromatic heterocycles. The van der Waals surface area contributed by atoms with Crippen LogP contribution in [0.4, 0.5) is 4.79 Å². The third-order valence-electron chi connectivity index (χ3n) is 11.6. The number of ketones is 2. The number of hydrogen-bond donors (Lipinski definition) is 4. The van der Waals surface area contributed by atoms with Gasteiger partial charge in [-0.25, -0.2) is 4.79 Å². The van der Waals surface area contributed by atoms with E-state index in [1.807, 2.05) is 27.7 Å². The molecule has 5 atom stereocenters. The quantitative estimate of drug-likeness (QED) is 0.0794. The molecule has 1 heterocycles. The van der Waals surface area contributed by atoms with Gasteiger partial charge in [0.2, 0.25) is 11.7 Å². The van der Waals surface area contributed by atoms with E-state index >= 15 is 0 Å². The van der Waals surface area contributed by atoms with Gasteiger partial charge < -0.3 is 21.3 Å². The summed E-state index contributed by atoms with van der Waals surface area (Å²) in [5.41, 5.74) is -0.755. The van der Waals surface area contributed by atoms with Crippen LogP contribution in [0, 0.1) is 29.1 Å². The van der Waals surface area contributed by atoms with Crippen molar-refractivity contribution in [1.82, 2.24) is 26.2 Å². The smallest absolute Gasteiger partial charge is 0.315 e. The Bertz CT molecular complexity index is 1560. The maximum atomic E-state index is 14.4. The second-order valence-electron chi connectivity index (χ2n) is 17.0. The number of urea groups is 1. The first-order chi connectivity index (χ1) is 25.5. The van der Waals surface area contributed by atoms with E-state index in [1.165, 1.54) is 11.0 Å². The lowest BCUT2D eigenvalue weighted by Gasteiger charge is -2.41. The highest BCUT2D eigenvalue weighted by Crippen LogP contribution is 2.39. The van der Waals surface area contributed by atoms with Gasteiger partial charge in [0, 0.05) is 18.4 Å². The molecule has 12 heteroatoms. The summed E-state index contributed by atoms with van der Waals surface area (Å²) in [7, 11) is 0. The molecule has 0 spiro atoms. The Morgan fingerprint density at radius 2 is 1.54 bits per heavy atom. The summed E-state index contributed by atoms with van der Waals surface area (Å²) in [5.74, 6) is -3.36. The van der Waals surface area contributed by atoms with E-state index in [1.54, 1.807) is 24.3 Å². The van der Waals surface area contributed by atoms with Crippen LogP contribution >= 0.6 is 0 Å². The number of amides is 6. The van der Waals surface area contributed by atoms with E-state index in [0.717, 1.165) is 19.3 Å². The van der Waals surface area contributed by atoms with Gasteiger partial charge in [0.15, 0.2) is 5.78 Å². The van der Waals surface area contributed by atoms with Crippen molar-refractivity contribution in [2.75, 3.05) is 13.1 Å². The lowest BCUT2D eigenvalue weighted by Crippen LogP contribution is -2.62. The highest BCUT2D eigenvalue weighted by Gasteiger charge is 2.45. The summed E-state index contributed by atoms with van der Waals surface area (Å²) in [6, 6.07) is 4.44. The van der Waals surface area contributed by atoms with Gasteiger partial charge in [-0.1, -0.05) is 85.4 Å². The largest absolute Gasteiger partial charge is 0.346 e. The van der Waals surface area contributed by atoms with Crippen LogP contribution in [0.15, 0.2) is 36.9 Å². The first-order valence-corrected chi connectivity index (χ1v) is 19.8. The van der Waals surface area contributed by atoms with Crippen molar-refractivity contribution in [1.29, 1.82) is 0 Å². The predicted octanol–water partition coefficient (Wildman–Crippen LogP) is 5.50. The Labute approximate surface area is 320 Å². The second-order valence-corrected chi connectivity index (χ2v) is 17.0. The minimum absolute atomic E-state index is 0.0487. The van der Waals surface area contributed by atoms with E-state index in [4.69, 9.17) is 0 Å². The number of carbonyl (C=O) groups excluding carboxylic acids is 7. The number of fused-ring (bicyclic) bond motifs is 1. The monoisotopic (exact) mass is 747 g/mol. The third-order valence-corrected chi connectivity index (χ3v) is 11.6. The zero-order valence-corrected chi connectivity index (χ0v) is 33.1. The SMILES string of the molecule is C=CCNC(=O)C(=O)C(CCC)NC(=O)[C@H]1CCC(C(=O)[C@@H](NC(=O)NC2(CN3C(=O)c4ccccc4C3=O)CCCCC2)C(C)(C)C)CC[C@@H]1C(C)C. The molecule has 4 N–H and O–H groups in total. The summed E-state index contributed by atoms with van der Waals surface area (Å²) < 4.78 is 0. The third kappa shape index (κ3) is 10.0. The number of nitrogens with zero attached hydrogens (tertiary/aromatic N) is 1. The molecule has 0 bridgehead atoms. The van der Waals surface area contributed by atoms with Crippen LogP contribution in [-0.2, 0) is 19.2 Å². The first kappa shape index (κ1) is 42.4. The van der Waals surface area contributed by atoms with Crippen LogP contribution in [0.5, 0.6) is 0 Å². The molecule has 2 aliphatic carbocycles. The van der Waals surface area contributed by atoms with Crippen molar-refractivity contribution < 1.29 is 33.6 Å². The molecule has 1 aliphatic heterocycles. The fraction of sp³-hybridized carbons (Fsp3) is 0.643. The lowest BCUT2D eigenvalue weighted by molar-refractivity contribution is -0.140. The number of carbonyl (C=O) groups is 7. The van der Waals surface area contributed by atoms with Crippen LogP contribution in [0.3, 0.4) is 0 Å². The highest BCUT2D eigenvalue weighted by atomic mass is 16.2. The zero-order valence-electron chi connectivity index (χ0n) is 33.1. The molecule has 2 fully saturated rings. The molecular formula is C42H61N5O7. The number of imide groups is 1. The Kier molecular flexibility index (Phi) is 14.4. The molecule has 0 saturated heterocycles. The van der Waals surface area contributed by atoms with Crippen LogP contribution in [0.25, 0.3) is 0 Å². The lowest BCUT2D eigenvalue weighted by atomic mass is 9.78. The van der Waals surface area contributed by atoms with Gasteiger partial charge in [-0.2, -0.15) is 0 Å². The van der Waals surface area contributed by atoms with Crippen molar-refractivity contribution in [3.8, 4) is 0 Å². The van der Waals surface area contributed by atoms with Crippen LogP contribution < -0.4 is 21.3 Å². The van der Waals surface area contributed by atoms with Crippen LogP contribution in [0.2, 0.25) is 0 Å². The maximum Gasteiger partial charge on any atom is 0.315 e. The fourth-order valence-electron chi connectivity index (χ4n) is 8.58. The topological polar surface area (TPSA) is 171 Å². The van der Waals surface area contributed by atoms with Gasteiger partial charge >= 0.3 is 6.03 Å². The highest BCUT2D eigenvalue weighted by molar-refractivity contribution is 6.38. The fourth-order valence-corrected chi connectivity index (χ4v) is 8.58. The molecule has 3 aliphatic rings. The van der Waals surface area contributed by atoms with Crippen LogP contribution in [0.1, 0.15) is 133 Å². The van der Waals surface area contributed by atoms with Crippen molar-refractivity contribution >= 4 is 41.2 Å². The normalized spacial score (nSPS) is 22.4. The Morgan fingerprint density at radius 3 is 2.09 bits per heavy atom. The molecule has 296 valence electrons. The van der Waals surface area contributed by atoms with E-state index < -0.39 is 52.6 Å². The molecule has 4 rings (SSSR count). The molecule has 12 nitrogen and oxygen atoms in total. The van der Waals surface area contributed by atoms with Gasteiger partial charge in [0.1, 0.15) is 0 Å². The molecule has 1 aromatic carbocycles. The van der Waals surface area contributed by atoms with Crippen molar-refractivity contribution in [2.45, 2.75) is 130 Å². The van der Waals surface area contributed by atoms with E-state index in [2.05, 4.69) is 41.7 Å². The number of hydrogen-bond acceptors (Lipinski definition) is 7. The van der Waals surface area contributed by atoms with Gasteiger partial charge in [0.25, 0.3) is 17.7 Å². The molecule has 0 radical (unpaired) electrons. The predicted molar refractivity (Wildman–Crippen MR) is 206 cm³/mol.